The van der Waals surface area contributed by atoms with E-state index in [0.29, 0.717) is 25.3 Å². The fraction of sp³-hybridized carbons (Fsp3) is 0.417. The van der Waals surface area contributed by atoms with Crippen LogP contribution < -0.4 is 5.32 Å². The maximum Gasteiger partial charge on any atom is 0.326 e. The van der Waals surface area contributed by atoms with E-state index in [1.807, 2.05) is 6.07 Å². The minimum Gasteiger partial charge on any atom is -0.480 e. The summed E-state index contributed by atoms with van der Waals surface area (Å²) in [7, 11) is 1.57. The number of ether oxygens (including phenoxy) is 1. The van der Waals surface area contributed by atoms with E-state index in [4.69, 9.17) is 15.1 Å². The van der Waals surface area contributed by atoms with Crippen LogP contribution in [0, 0.1) is 11.3 Å². The lowest BCUT2D eigenvalue weighted by Crippen LogP contribution is -2.30. The summed E-state index contributed by atoms with van der Waals surface area (Å²) in [5, 5.41) is 20.6. The molecule has 0 saturated carbocycles. The van der Waals surface area contributed by atoms with Crippen LogP contribution in [0.4, 0.5) is 5.82 Å². The largest absolute Gasteiger partial charge is 0.480 e. The molecule has 6 heteroatoms. The first-order valence-electron chi connectivity index (χ1n) is 5.53. The zero-order valence-electron chi connectivity index (χ0n) is 10.1. The number of carboxylic acids is 1. The Morgan fingerprint density at radius 1 is 1.67 bits per heavy atom. The molecule has 0 spiro atoms. The summed E-state index contributed by atoms with van der Waals surface area (Å²) in [5.41, 5.74) is 0.251. The van der Waals surface area contributed by atoms with E-state index >= 15 is 0 Å². The number of aliphatic carboxylic acids is 1. The molecule has 0 aromatic carbocycles. The summed E-state index contributed by atoms with van der Waals surface area (Å²) in [6, 6.07) is 6.02. The predicted octanol–water partition coefficient (Wildman–Crippen LogP) is 1.24. The number of pyridine rings is 1. The van der Waals surface area contributed by atoms with E-state index in [1.165, 1.54) is 0 Å². The molecule has 6 nitrogen and oxygen atoms in total. The van der Waals surface area contributed by atoms with Crippen molar-refractivity contribution in [2.75, 3.05) is 19.0 Å². The normalized spacial score (nSPS) is 11.6. The van der Waals surface area contributed by atoms with Crippen LogP contribution in [0.25, 0.3) is 0 Å². The van der Waals surface area contributed by atoms with Gasteiger partial charge in [-0.25, -0.2) is 9.78 Å². The Hall–Kier alpha value is -2.13. The van der Waals surface area contributed by atoms with Gasteiger partial charge in [-0.2, -0.15) is 5.26 Å². The van der Waals surface area contributed by atoms with Crippen molar-refractivity contribution in [1.82, 2.24) is 4.98 Å². The molecule has 96 valence electrons. The maximum absolute atomic E-state index is 11.1. The zero-order valence-corrected chi connectivity index (χ0v) is 10.1. The van der Waals surface area contributed by atoms with E-state index in [-0.39, 0.29) is 5.69 Å². The van der Waals surface area contributed by atoms with Crippen molar-refractivity contribution in [2.45, 2.75) is 18.9 Å². The zero-order chi connectivity index (χ0) is 13.4. The van der Waals surface area contributed by atoms with Gasteiger partial charge in [-0.3, -0.25) is 0 Å². The van der Waals surface area contributed by atoms with Crippen molar-refractivity contribution >= 4 is 11.8 Å². The maximum atomic E-state index is 11.1. The molecule has 0 radical (unpaired) electrons. The number of aromatic nitrogens is 1. The second kappa shape index (κ2) is 7.25. The molecule has 0 aliphatic heterocycles. The van der Waals surface area contributed by atoms with Gasteiger partial charge in [0, 0.05) is 13.7 Å². The van der Waals surface area contributed by atoms with Crippen molar-refractivity contribution in [3.63, 3.8) is 0 Å². The molecule has 0 saturated heterocycles. The quantitative estimate of drug-likeness (QED) is 0.706. The number of carbonyl (C=O) groups is 1. The lowest BCUT2D eigenvalue weighted by atomic mass is 10.1. The summed E-state index contributed by atoms with van der Waals surface area (Å²) in [5.74, 6) is -0.561. The molecule has 1 aromatic rings. The van der Waals surface area contributed by atoms with Gasteiger partial charge in [0.25, 0.3) is 0 Å². The Morgan fingerprint density at radius 3 is 3.06 bits per heavy atom. The molecule has 0 fully saturated rings. The smallest absolute Gasteiger partial charge is 0.326 e. The first-order valence-corrected chi connectivity index (χ1v) is 5.53. The van der Waals surface area contributed by atoms with Crippen LogP contribution in [-0.4, -0.2) is 35.8 Å². The third kappa shape index (κ3) is 4.39. The molecule has 0 aliphatic carbocycles. The second-order valence-electron chi connectivity index (χ2n) is 3.69. The third-order valence-corrected chi connectivity index (χ3v) is 2.33. The lowest BCUT2D eigenvalue weighted by Gasteiger charge is -2.14. The van der Waals surface area contributed by atoms with Crippen LogP contribution >= 0.6 is 0 Å². The number of methoxy groups -OCH3 is 1. The molecule has 2 N–H and O–H groups in total. The molecule has 0 aliphatic rings. The summed E-state index contributed by atoms with van der Waals surface area (Å²) >= 11 is 0. The van der Waals surface area contributed by atoms with Crippen molar-refractivity contribution in [1.29, 1.82) is 5.26 Å². The number of hydrogen-bond acceptors (Lipinski definition) is 5. The van der Waals surface area contributed by atoms with Gasteiger partial charge in [-0.1, -0.05) is 6.07 Å². The van der Waals surface area contributed by atoms with E-state index in [1.54, 1.807) is 25.3 Å². The summed E-state index contributed by atoms with van der Waals surface area (Å²) in [4.78, 5) is 15.0. The Kier molecular flexibility index (Phi) is 5.61. The van der Waals surface area contributed by atoms with Gasteiger partial charge in [0.15, 0.2) is 0 Å². The fourth-order valence-corrected chi connectivity index (χ4v) is 1.45. The first kappa shape index (κ1) is 13.9. The number of hydrogen-bond donors (Lipinski definition) is 2. The van der Waals surface area contributed by atoms with Crippen LogP contribution in [-0.2, 0) is 9.53 Å². The SMILES string of the molecule is COCCCC(Nc1cccc(C#N)n1)C(=O)O. The number of nitrogens with one attached hydrogen (secondary N) is 1. The van der Waals surface area contributed by atoms with Crippen molar-refractivity contribution in [3.8, 4) is 6.07 Å². The van der Waals surface area contributed by atoms with Crippen LogP contribution in [0.5, 0.6) is 0 Å². The van der Waals surface area contributed by atoms with E-state index in [0.717, 1.165) is 0 Å². The highest BCUT2D eigenvalue weighted by molar-refractivity contribution is 5.76. The Morgan fingerprint density at radius 2 is 2.44 bits per heavy atom. The van der Waals surface area contributed by atoms with Gasteiger partial charge in [-0.05, 0) is 25.0 Å². The van der Waals surface area contributed by atoms with Gasteiger partial charge in [0.1, 0.15) is 23.6 Å². The van der Waals surface area contributed by atoms with Gasteiger partial charge in [-0.15, -0.1) is 0 Å². The van der Waals surface area contributed by atoms with E-state index < -0.39 is 12.0 Å². The Labute approximate surface area is 105 Å². The number of carboxylic acid groups (broad SMARTS) is 1. The molecular weight excluding hydrogens is 234 g/mol. The standard InChI is InChI=1S/C12H15N3O3/c1-18-7-3-5-10(12(16)17)15-11-6-2-4-9(8-13)14-11/h2,4,6,10H,3,5,7H2,1H3,(H,14,15)(H,16,17). The Balaban J connectivity index is 2.65. The molecule has 1 aromatic heterocycles. The summed E-state index contributed by atoms with van der Waals surface area (Å²) in [6.45, 7) is 0.511. The van der Waals surface area contributed by atoms with Crippen LogP contribution in [0.15, 0.2) is 18.2 Å². The number of anilines is 1. The van der Waals surface area contributed by atoms with Crippen molar-refractivity contribution in [2.24, 2.45) is 0 Å². The second-order valence-corrected chi connectivity index (χ2v) is 3.69. The van der Waals surface area contributed by atoms with E-state index in [2.05, 4.69) is 10.3 Å². The number of nitrogens with zero attached hydrogens (tertiary/aromatic N) is 2. The van der Waals surface area contributed by atoms with Crippen LogP contribution in [0.1, 0.15) is 18.5 Å². The highest BCUT2D eigenvalue weighted by Gasteiger charge is 2.17. The average molecular weight is 249 g/mol. The van der Waals surface area contributed by atoms with Gasteiger partial charge < -0.3 is 15.2 Å². The first-order chi connectivity index (χ1) is 8.67. The molecule has 1 atom stereocenters. The molecule has 1 heterocycles. The van der Waals surface area contributed by atoms with Crippen LogP contribution in [0.2, 0.25) is 0 Å². The average Bonchev–Trinajstić information content (AvgIpc) is 2.38. The fourth-order valence-electron chi connectivity index (χ4n) is 1.45. The molecule has 0 bridgehead atoms. The van der Waals surface area contributed by atoms with Gasteiger partial charge in [0.2, 0.25) is 0 Å². The summed E-state index contributed by atoms with van der Waals surface area (Å²) < 4.78 is 4.88. The Bertz CT molecular complexity index is 442. The van der Waals surface area contributed by atoms with Crippen molar-refractivity contribution in [3.05, 3.63) is 23.9 Å². The lowest BCUT2D eigenvalue weighted by molar-refractivity contribution is -0.138. The summed E-state index contributed by atoms with van der Waals surface area (Å²) in [6.07, 6.45) is 1.07. The molecule has 18 heavy (non-hydrogen) atoms. The monoisotopic (exact) mass is 249 g/mol. The highest BCUT2D eigenvalue weighted by atomic mass is 16.5. The van der Waals surface area contributed by atoms with Crippen molar-refractivity contribution < 1.29 is 14.6 Å². The number of rotatable bonds is 7. The highest BCUT2D eigenvalue weighted by Crippen LogP contribution is 2.09. The van der Waals surface area contributed by atoms with E-state index in [9.17, 15) is 4.79 Å². The molecular formula is C12H15N3O3. The molecule has 0 amide bonds. The third-order valence-electron chi connectivity index (χ3n) is 2.33. The van der Waals surface area contributed by atoms with Crippen LogP contribution in [0.3, 0.4) is 0 Å². The van der Waals surface area contributed by atoms with Gasteiger partial charge in [0.05, 0.1) is 0 Å². The minimum absolute atomic E-state index is 0.251. The minimum atomic E-state index is -0.949. The molecule has 1 unspecified atom stereocenters. The van der Waals surface area contributed by atoms with Gasteiger partial charge >= 0.3 is 5.97 Å². The predicted molar refractivity (Wildman–Crippen MR) is 65.1 cm³/mol. The number of nitriles is 1. The topological polar surface area (TPSA) is 95.2 Å². The molecule has 1 rings (SSSR count).